The second-order valence-electron chi connectivity index (χ2n) is 8.27. The zero-order chi connectivity index (χ0) is 32.8. The Hall–Kier alpha value is -4.52. The minimum atomic E-state index is -5.84. The fourth-order valence-corrected chi connectivity index (χ4v) is 3.36. The van der Waals surface area contributed by atoms with Crippen LogP contribution in [0.1, 0.15) is 0 Å². The summed E-state index contributed by atoms with van der Waals surface area (Å²) in [6.07, 6.45) is 7.21. The summed E-state index contributed by atoms with van der Waals surface area (Å²) >= 11 is 0. The van der Waals surface area contributed by atoms with Crippen molar-refractivity contribution in [3.05, 3.63) is 97.6 Å². The van der Waals surface area contributed by atoms with E-state index in [9.17, 15) is 26.3 Å². The van der Waals surface area contributed by atoms with Crippen molar-refractivity contribution in [3.8, 4) is 0 Å². The third-order valence-electron chi connectivity index (χ3n) is 5.27. The number of hydrogen-bond donors (Lipinski definition) is 2. The molecule has 0 radical (unpaired) electrons. The zero-order valence-corrected chi connectivity index (χ0v) is 23.3. The predicted octanol–water partition coefficient (Wildman–Crippen LogP) is 6.35. The Bertz CT molecular complexity index is 1870. The molecule has 2 N–H and O–H groups in total. The Labute approximate surface area is 244 Å². The molecule has 0 saturated carbocycles. The number of pyridine rings is 4. The van der Waals surface area contributed by atoms with E-state index in [2.05, 4.69) is 68.5 Å². The van der Waals surface area contributed by atoms with E-state index in [0.717, 1.165) is 43.6 Å². The minimum absolute atomic E-state index is 0.977. The van der Waals surface area contributed by atoms with Gasteiger partial charge in [0.25, 0.3) is 0 Å². The molecule has 0 amide bonds. The Balaban J connectivity index is 0.000000167. The molecule has 0 atom stereocenters. The Morgan fingerprint density at radius 1 is 0.432 bits per heavy atom. The molecular weight excluding hydrogens is 642 g/mol. The standard InChI is InChI=1S/2C12H8N2.2CHF3O3S/c2*1-3-9-5-6-10-4-2-8-14-12(10)11(9)13-7-1;2*2-1(3,4)8(5,6)7/h2*1-8H;2*(H,5,6,7). The molecule has 0 aliphatic rings. The van der Waals surface area contributed by atoms with Crippen molar-refractivity contribution < 1.29 is 52.3 Å². The molecule has 18 heteroatoms. The van der Waals surface area contributed by atoms with Gasteiger partial charge in [-0.2, -0.15) is 43.2 Å². The van der Waals surface area contributed by atoms with E-state index in [0.29, 0.717) is 0 Å². The van der Waals surface area contributed by atoms with Gasteiger partial charge in [0.05, 0.1) is 22.1 Å². The van der Waals surface area contributed by atoms with Crippen LogP contribution in [0, 0.1) is 0 Å². The first-order valence-electron chi connectivity index (χ1n) is 11.6. The molecule has 10 nitrogen and oxygen atoms in total. The first kappa shape index (κ1) is 34.0. The third-order valence-corrected chi connectivity index (χ3v) is 6.44. The minimum Gasteiger partial charge on any atom is -0.279 e. The molecule has 0 saturated heterocycles. The monoisotopic (exact) mass is 660 g/mol. The molecular formula is C26H18F6N4O6S2. The maximum Gasteiger partial charge on any atom is 0.522 e. The lowest BCUT2D eigenvalue weighted by molar-refractivity contribution is -0.0514. The van der Waals surface area contributed by atoms with Crippen molar-refractivity contribution in [1.29, 1.82) is 0 Å². The number of aromatic nitrogens is 4. The van der Waals surface area contributed by atoms with E-state index < -0.39 is 31.3 Å². The molecule has 0 aliphatic heterocycles. The van der Waals surface area contributed by atoms with Gasteiger partial charge in [0, 0.05) is 46.3 Å². The van der Waals surface area contributed by atoms with Gasteiger partial charge in [0.2, 0.25) is 0 Å². The summed E-state index contributed by atoms with van der Waals surface area (Å²) in [5.74, 6) is 0. The fourth-order valence-electron chi connectivity index (χ4n) is 3.36. The molecule has 232 valence electrons. The van der Waals surface area contributed by atoms with Crippen LogP contribution >= 0.6 is 0 Å². The Morgan fingerprint density at radius 2 is 0.614 bits per heavy atom. The smallest absolute Gasteiger partial charge is 0.279 e. The summed E-state index contributed by atoms with van der Waals surface area (Å²) in [6, 6.07) is 24.3. The van der Waals surface area contributed by atoms with E-state index >= 15 is 0 Å². The lowest BCUT2D eigenvalue weighted by atomic mass is 10.1. The van der Waals surface area contributed by atoms with Gasteiger partial charge in [-0.3, -0.25) is 29.0 Å². The molecule has 4 aromatic heterocycles. The van der Waals surface area contributed by atoms with Crippen LogP contribution in [0.5, 0.6) is 0 Å². The number of rotatable bonds is 0. The number of nitrogens with zero attached hydrogens (tertiary/aromatic N) is 4. The van der Waals surface area contributed by atoms with Crippen LogP contribution in [0.25, 0.3) is 43.6 Å². The number of halogens is 6. The number of fused-ring (bicyclic) bond motifs is 6. The van der Waals surface area contributed by atoms with Crippen molar-refractivity contribution in [2.24, 2.45) is 0 Å². The Morgan fingerprint density at radius 3 is 0.773 bits per heavy atom. The van der Waals surface area contributed by atoms with Crippen molar-refractivity contribution in [1.82, 2.24) is 19.9 Å². The molecule has 0 fully saturated rings. The van der Waals surface area contributed by atoms with E-state index in [4.69, 9.17) is 25.9 Å². The van der Waals surface area contributed by atoms with Crippen LogP contribution in [-0.4, -0.2) is 56.9 Å². The van der Waals surface area contributed by atoms with E-state index in [-0.39, 0.29) is 0 Å². The second kappa shape index (κ2) is 13.4. The van der Waals surface area contributed by atoms with Gasteiger partial charge in [-0.15, -0.1) is 0 Å². The van der Waals surface area contributed by atoms with Gasteiger partial charge >= 0.3 is 31.3 Å². The first-order valence-corrected chi connectivity index (χ1v) is 14.5. The molecule has 0 bridgehead atoms. The average Bonchev–Trinajstić information content (AvgIpc) is 2.96. The van der Waals surface area contributed by atoms with Gasteiger partial charge in [0.15, 0.2) is 0 Å². The van der Waals surface area contributed by atoms with Gasteiger partial charge < -0.3 is 0 Å². The lowest BCUT2D eigenvalue weighted by Gasteiger charge is -2.00. The molecule has 0 aliphatic carbocycles. The maximum atomic E-state index is 10.7. The average molecular weight is 661 g/mol. The molecule has 4 heterocycles. The van der Waals surface area contributed by atoms with Crippen LogP contribution in [0.15, 0.2) is 97.6 Å². The maximum absolute atomic E-state index is 10.7. The molecule has 0 spiro atoms. The summed E-state index contributed by atoms with van der Waals surface area (Å²) < 4.78 is 115. The normalized spacial score (nSPS) is 12.0. The van der Waals surface area contributed by atoms with Crippen LogP contribution < -0.4 is 0 Å². The lowest BCUT2D eigenvalue weighted by Crippen LogP contribution is -2.21. The number of hydrogen-bond acceptors (Lipinski definition) is 8. The van der Waals surface area contributed by atoms with Crippen molar-refractivity contribution in [2.75, 3.05) is 0 Å². The molecule has 2 aromatic carbocycles. The van der Waals surface area contributed by atoms with Gasteiger partial charge in [-0.25, -0.2) is 0 Å². The molecule has 44 heavy (non-hydrogen) atoms. The van der Waals surface area contributed by atoms with Crippen molar-refractivity contribution in [2.45, 2.75) is 11.0 Å². The quantitative estimate of drug-likeness (QED) is 0.0813. The van der Waals surface area contributed by atoms with Gasteiger partial charge in [-0.05, 0) is 24.3 Å². The summed E-state index contributed by atoms with van der Waals surface area (Å²) in [5, 5.41) is 4.55. The van der Waals surface area contributed by atoms with Crippen LogP contribution in [0.3, 0.4) is 0 Å². The molecule has 0 unspecified atom stereocenters. The van der Waals surface area contributed by atoms with E-state index in [1.165, 1.54) is 0 Å². The highest BCUT2D eigenvalue weighted by Gasteiger charge is 2.45. The second-order valence-corrected chi connectivity index (χ2v) is 11.1. The predicted molar refractivity (Wildman–Crippen MR) is 149 cm³/mol. The van der Waals surface area contributed by atoms with Crippen LogP contribution in [0.4, 0.5) is 26.3 Å². The summed E-state index contributed by atoms with van der Waals surface area (Å²) in [7, 11) is -11.7. The zero-order valence-electron chi connectivity index (χ0n) is 21.6. The highest BCUT2D eigenvalue weighted by molar-refractivity contribution is 7.86. The summed E-state index contributed by atoms with van der Waals surface area (Å²) in [5.41, 5.74) is -7.16. The van der Waals surface area contributed by atoms with Gasteiger partial charge in [-0.1, -0.05) is 48.5 Å². The molecule has 6 rings (SSSR count). The largest absolute Gasteiger partial charge is 0.522 e. The van der Waals surface area contributed by atoms with Crippen LogP contribution in [0.2, 0.25) is 0 Å². The van der Waals surface area contributed by atoms with Crippen LogP contribution in [-0.2, 0) is 20.2 Å². The summed E-state index contributed by atoms with van der Waals surface area (Å²) in [4.78, 5) is 17.4. The summed E-state index contributed by atoms with van der Waals surface area (Å²) in [6.45, 7) is 0. The SMILES string of the molecule is O=S(=O)(O)C(F)(F)F.O=S(=O)(O)C(F)(F)F.c1cnc2c(c1)ccc1cccnc12.c1cnc2c(c1)ccc1cccnc12. The third kappa shape index (κ3) is 8.75. The van der Waals surface area contributed by atoms with E-state index in [1.807, 2.05) is 24.3 Å². The Kier molecular flexibility index (Phi) is 10.4. The van der Waals surface area contributed by atoms with Gasteiger partial charge in [0.1, 0.15) is 0 Å². The number of benzene rings is 2. The fraction of sp³-hybridized carbons (Fsp3) is 0.0769. The van der Waals surface area contributed by atoms with Crippen molar-refractivity contribution >= 4 is 63.8 Å². The van der Waals surface area contributed by atoms with Crippen molar-refractivity contribution in [3.63, 3.8) is 0 Å². The highest BCUT2D eigenvalue weighted by Crippen LogP contribution is 2.23. The molecule has 6 aromatic rings. The van der Waals surface area contributed by atoms with E-state index in [1.54, 1.807) is 24.8 Å². The first-order chi connectivity index (χ1) is 20.4. The topological polar surface area (TPSA) is 160 Å². The number of alkyl halides is 6. The highest BCUT2D eigenvalue weighted by atomic mass is 32.2.